The number of ether oxygens (including phenoxy) is 4. The number of carbonyl (C=O) groups excluding carboxylic acids is 2. The van der Waals surface area contributed by atoms with E-state index in [2.05, 4.69) is 4.99 Å². The van der Waals surface area contributed by atoms with E-state index in [0.29, 0.717) is 23.7 Å². The maximum absolute atomic E-state index is 13.9. The van der Waals surface area contributed by atoms with Gasteiger partial charge in [-0.1, -0.05) is 18.2 Å². The Morgan fingerprint density at radius 2 is 1.90 bits per heavy atom. The third-order valence-corrected chi connectivity index (χ3v) is 3.95. The van der Waals surface area contributed by atoms with E-state index in [0.717, 1.165) is 0 Å². The number of cyclic esters (lactones) is 1. The lowest BCUT2D eigenvalue weighted by Gasteiger charge is -2.12. The van der Waals surface area contributed by atoms with E-state index in [1.807, 2.05) is 0 Å². The lowest BCUT2D eigenvalue weighted by Crippen LogP contribution is -2.15. The van der Waals surface area contributed by atoms with Gasteiger partial charge in [0.2, 0.25) is 5.90 Å². The minimum Gasteiger partial charge on any atom is -0.490 e. The summed E-state index contributed by atoms with van der Waals surface area (Å²) in [6.07, 6.45) is 1.49. The Bertz CT molecular complexity index is 1010. The molecule has 0 spiro atoms. The number of benzene rings is 2. The highest BCUT2D eigenvalue weighted by Gasteiger charge is 2.26. The van der Waals surface area contributed by atoms with Crippen LogP contribution in [0.25, 0.3) is 6.08 Å². The van der Waals surface area contributed by atoms with Crippen molar-refractivity contribution in [1.82, 2.24) is 0 Å². The average Bonchev–Trinajstić information content (AvgIpc) is 3.08. The molecule has 0 fully saturated rings. The van der Waals surface area contributed by atoms with Gasteiger partial charge in [0.1, 0.15) is 5.82 Å². The van der Waals surface area contributed by atoms with Crippen molar-refractivity contribution in [2.24, 2.45) is 4.99 Å². The van der Waals surface area contributed by atoms with Crippen molar-refractivity contribution < 1.29 is 32.9 Å². The molecule has 2 aromatic carbocycles. The molecule has 2 aromatic rings. The molecule has 0 saturated heterocycles. The molecule has 8 heteroatoms. The molecule has 0 saturated carbocycles. The number of carbonyl (C=O) groups is 2. The van der Waals surface area contributed by atoms with Crippen LogP contribution in [-0.2, 0) is 19.1 Å². The first-order valence-corrected chi connectivity index (χ1v) is 9.34. The first-order valence-electron chi connectivity index (χ1n) is 9.34. The fourth-order valence-corrected chi connectivity index (χ4v) is 2.66. The Balaban J connectivity index is 1.84. The van der Waals surface area contributed by atoms with Crippen LogP contribution in [0, 0.1) is 5.82 Å². The van der Waals surface area contributed by atoms with E-state index in [4.69, 9.17) is 18.9 Å². The van der Waals surface area contributed by atoms with Gasteiger partial charge < -0.3 is 18.9 Å². The lowest BCUT2D eigenvalue weighted by molar-refractivity contribution is -0.145. The highest BCUT2D eigenvalue weighted by atomic mass is 19.1. The predicted molar refractivity (Wildman–Crippen MR) is 107 cm³/mol. The summed E-state index contributed by atoms with van der Waals surface area (Å²) in [5.74, 6) is -1.06. The zero-order valence-electron chi connectivity index (χ0n) is 16.5. The van der Waals surface area contributed by atoms with E-state index in [9.17, 15) is 14.0 Å². The molecule has 0 aromatic heterocycles. The van der Waals surface area contributed by atoms with Crippen molar-refractivity contribution in [3.05, 3.63) is 65.1 Å². The minimum atomic E-state index is -0.686. The van der Waals surface area contributed by atoms with E-state index in [-0.39, 0.29) is 30.4 Å². The highest BCUT2D eigenvalue weighted by molar-refractivity contribution is 6.12. The lowest BCUT2D eigenvalue weighted by atomic mass is 10.1. The van der Waals surface area contributed by atoms with Crippen LogP contribution in [-0.4, -0.2) is 37.7 Å². The zero-order valence-corrected chi connectivity index (χ0v) is 16.5. The van der Waals surface area contributed by atoms with Gasteiger partial charge >= 0.3 is 11.9 Å². The third kappa shape index (κ3) is 5.02. The van der Waals surface area contributed by atoms with Crippen molar-refractivity contribution in [2.45, 2.75) is 13.8 Å². The van der Waals surface area contributed by atoms with Crippen LogP contribution < -0.4 is 9.47 Å². The van der Waals surface area contributed by atoms with Gasteiger partial charge in [-0.05, 0) is 49.8 Å². The molecule has 1 aliphatic rings. The first-order chi connectivity index (χ1) is 14.5. The van der Waals surface area contributed by atoms with Crippen LogP contribution in [0.3, 0.4) is 0 Å². The summed E-state index contributed by atoms with van der Waals surface area (Å²) >= 11 is 0. The minimum absolute atomic E-state index is 0.0240. The Morgan fingerprint density at radius 3 is 2.63 bits per heavy atom. The van der Waals surface area contributed by atoms with Crippen LogP contribution in [0.2, 0.25) is 0 Å². The molecule has 1 aliphatic heterocycles. The van der Waals surface area contributed by atoms with Crippen LogP contribution in [0.1, 0.15) is 25.0 Å². The Kier molecular flexibility index (Phi) is 6.79. The molecule has 1 heterocycles. The van der Waals surface area contributed by atoms with Crippen molar-refractivity contribution >= 4 is 23.9 Å². The molecule has 0 aliphatic carbocycles. The quantitative estimate of drug-likeness (QED) is 0.487. The number of hydrogen-bond acceptors (Lipinski definition) is 7. The predicted octanol–water partition coefficient (Wildman–Crippen LogP) is 3.51. The SMILES string of the molecule is CCOC(=O)COc1ccc(/C=C2/N=C(c3ccccc3F)OC2=O)cc1OCC. The van der Waals surface area contributed by atoms with Gasteiger partial charge in [0.05, 0.1) is 18.8 Å². The number of aliphatic imine (C=N–C) groups is 1. The molecular formula is C22H20FNO6. The molecule has 0 atom stereocenters. The van der Waals surface area contributed by atoms with Gasteiger partial charge in [-0.3, -0.25) is 0 Å². The summed E-state index contributed by atoms with van der Waals surface area (Å²) in [4.78, 5) is 27.8. The van der Waals surface area contributed by atoms with Crippen LogP contribution in [0.4, 0.5) is 4.39 Å². The number of rotatable bonds is 8. The van der Waals surface area contributed by atoms with Gasteiger partial charge in [0.15, 0.2) is 23.8 Å². The summed E-state index contributed by atoms with van der Waals surface area (Å²) in [5.41, 5.74) is 0.718. The van der Waals surface area contributed by atoms with Gasteiger partial charge in [-0.2, -0.15) is 0 Å². The Hall–Kier alpha value is -3.68. The first kappa shape index (κ1) is 21.0. The van der Waals surface area contributed by atoms with Crippen molar-refractivity contribution in [3.8, 4) is 11.5 Å². The summed E-state index contributed by atoms with van der Waals surface area (Å²) in [5, 5.41) is 0. The van der Waals surface area contributed by atoms with Crippen LogP contribution in [0.15, 0.2) is 53.2 Å². The van der Waals surface area contributed by atoms with Gasteiger partial charge in [0.25, 0.3) is 0 Å². The maximum atomic E-state index is 13.9. The molecule has 0 unspecified atom stereocenters. The molecule has 0 radical (unpaired) electrons. The fourth-order valence-electron chi connectivity index (χ4n) is 2.66. The third-order valence-electron chi connectivity index (χ3n) is 3.95. The largest absolute Gasteiger partial charge is 0.490 e. The Morgan fingerprint density at radius 1 is 1.10 bits per heavy atom. The normalized spacial score (nSPS) is 14.3. The topological polar surface area (TPSA) is 83.4 Å². The number of halogens is 1. The second kappa shape index (κ2) is 9.69. The van der Waals surface area contributed by atoms with Crippen molar-refractivity contribution in [1.29, 1.82) is 0 Å². The molecule has 156 valence electrons. The van der Waals surface area contributed by atoms with E-state index < -0.39 is 17.8 Å². The van der Waals surface area contributed by atoms with Crippen molar-refractivity contribution in [2.75, 3.05) is 19.8 Å². The standard InChI is InChI=1S/C22H20FNO6/c1-3-27-19-12-14(9-10-18(19)29-13-20(25)28-4-2)11-17-22(26)30-21(24-17)15-7-5-6-8-16(15)23/h5-12H,3-4,13H2,1-2H3/b17-11+. The molecule has 0 bridgehead atoms. The smallest absolute Gasteiger partial charge is 0.363 e. The number of esters is 2. The van der Waals surface area contributed by atoms with E-state index in [1.165, 1.54) is 24.3 Å². The molecular weight excluding hydrogens is 393 g/mol. The number of hydrogen-bond donors (Lipinski definition) is 0. The molecule has 0 N–H and O–H groups in total. The van der Waals surface area contributed by atoms with Crippen LogP contribution >= 0.6 is 0 Å². The Labute approximate surface area is 172 Å². The monoisotopic (exact) mass is 413 g/mol. The van der Waals surface area contributed by atoms with Crippen LogP contribution in [0.5, 0.6) is 11.5 Å². The summed E-state index contributed by atoms with van der Waals surface area (Å²) in [6.45, 7) is 3.89. The second-order valence-electron chi connectivity index (χ2n) is 6.05. The van der Waals surface area contributed by atoms with E-state index >= 15 is 0 Å². The average molecular weight is 413 g/mol. The fraction of sp³-hybridized carbons (Fsp3) is 0.227. The summed E-state index contributed by atoms with van der Waals surface area (Å²) in [6, 6.07) is 10.8. The molecule has 30 heavy (non-hydrogen) atoms. The molecule has 0 amide bonds. The molecule has 7 nitrogen and oxygen atoms in total. The zero-order chi connectivity index (χ0) is 21.5. The summed E-state index contributed by atoms with van der Waals surface area (Å²) < 4.78 is 34.9. The highest BCUT2D eigenvalue weighted by Crippen LogP contribution is 2.30. The van der Waals surface area contributed by atoms with E-state index in [1.54, 1.807) is 38.1 Å². The van der Waals surface area contributed by atoms with Gasteiger partial charge in [-0.15, -0.1) is 0 Å². The van der Waals surface area contributed by atoms with Gasteiger partial charge in [-0.25, -0.2) is 19.0 Å². The maximum Gasteiger partial charge on any atom is 0.363 e. The molecule has 3 rings (SSSR count). The van der Waals surface area contributed by atoms with Crippen molar-refractivity contribution in [3.63, 3.8) is 0 Å². The summed E-state index contributed by atoms with van der Waals surface area (Å²) in [7, 11) is 0. The van der Waals surface area contributed by atoms with Gasteiger partial charge in [0, 0.05) is 0 Å². The second-order valence-corrected chi connectivity index (χ2v) is 6.05. The number of nitrogens with zero attached hydrogens (tertiary/aromatic N) is 1.